The lowest BCUT2D eigenvalue weighted by Gasteiger charge is -2.13. The van der Waals surface area contributed by atoms with Gasteiger partial charge in [0.25, 0.3) is 0 Å². The first-order valence-electron chi connectivity index (χ1n) is 13.6. The molecule has 0 unspecified atom stereocenters. The number of hydrogen-bond donors (Lipinski definition) is 5. The van der Waals surface area contributed by atoms with Crippen LogP contribution in [0.15, 0.2) is 61.2 Å². The monoisotopic (exact) mass is 689 g/mol. The van der Waals surface area contributed by atoms with E-state index in [1.54, 1.807) is 18.5 Å². The van der Waals surface area contributed by atoms with Gasteiger partial charge in [-0.3, -0.25) is 9.48 Å². The van der Waals surface area contributed by atoms with E-state index in [0.717, 1.165) is 29.6 Å². The molecule has 48 heavy (non-hydrogen) atoms. The highest BCUT2D eigenvalue weighted by molar-refractivity contribution is 5.92. The SMILES string of the molecule is O=C(Cn1cc(Nc2ncnc3cc(OC[C@@H]4CCCN4)ccc23)cn1)Nc1cccc(F)c1.O=C(O)C(F)(F)F.O=C(O)C(F)(F)F. The highest BCUT2D eigenvalue weighted by Gasteiger charge is 2.38. The zero-order valence-electron chi connectivity index (χ0n) is 24.3. The molecule has 1 aliphatic heterocycles. The molecule has 13 nitrogen and oxygen atoms in total. The predicted molar refractivity (Wildman–Crippen MR) is 154 cm³/mol. The summed E-state index contributed by atoms with van der Waals surface area (Å²) in [5.74, 6) is -4.85. The zero-order valence-corrected chi connectivity index (χ0v) is 24.3. The maximum absolute atomic E-state index is 13.3. The highest BCUT2D eigenvalue weighted by atomic mass is 19.4. The van der Waals surface area contributed by atoms with Gasteiger partial charge in [0, 0.05) is 29.4 Å². The Morgan fingerprint density at radius 2 is 1.67 bits per heavy atom. The van der Waals surface area contributed by atoms with Crippen LogP contribution < -0.4 is 20.7 Å². The molecule has 1 saturated heterocycles. The molecule has 258 valence electrons. The molecule has 5 rings (SSSR count). The molecule has 1 amide bonds. The molecular weight excluding hydrogens is 663 g/mol. The first-order valence-corrected chi connectivity index (χ1v) is 13.6. The quantitative estimate of drug-likeness (QED) is 0.161. The summed E-state index contributed by atoms with van der Waals surface area (Å²) in [6, 6.07) is 11.9. The van der Waals surface area contributed by atoms with Crippen molar-refractivity contribution < 1.29 is 60.1 Å². The second-order valence-electron chi connectivity index (χ2n) is 9.72. The number of carboxylic acid groups (broad SMARTS) is 2. The van der Waals surface area contributed by atoms with Gasteiger partial charge in [0.05, 0.1) is 17.4 Å². The normalized spacial score (nSPS) is 14.2. The number of aliphatic carboxylic acids is 2. The van der Waals surface area contributed by atoms with Crippen LogP contribution in [0.25, 0.3) is 10.9 Å². The minimum atomic E-state index is -5.08. The van der Waals surface area contributed by atoms with Gasteiger partial charge in [-0.2, -0.15) is 31.4 Å². The largest absolute Gasteiger partial charge is 0.492 e. The molecule has 20 heteroatoms. The number of ether oxygens (including phenoxy) is 1. The number of halogens is 7. The first-order chi connectivity index (χ1) is 22.5. The minimum Gasteiger partial charge on any atom is -0.492 e. The van der Waals surface area contributed by atoms with Crippen molar-refractivity contribution in [3.63, 3.8) is 0 Å². The van der Waals surface area contributed by atoms with E-state index in [0.29, 0.717) is 29.8 Å². The Morgan fingerprint density at radius 3 is 2.27 bits per heavy atom. The number of carboxylic acids is 2. The van der Waals surface area contributed by atoms with E-state index in [9.17, 15) is 35.5 Å². The standard InChI is InChI=1S/C24H24FN7O2.2C2HF3O2/c25-16-3-1-4-17(9-16)30-23(33)13-32-12-19(11-29-32)31-24-21-7-6-20(10-22(21)27-15-28-24)34-14-18-5-2-8-26-18;2*3-2(4,5)1(6)7/h1,3-4,6-7,9-12,15,18,26H,2,5,8,13-14H2,(H,30,33)(H,27,28,31);2*(H,6,7)/t18-;;/m0../s1. The lowest BCUT2D eigenvalue weighted by molar-refractivity contribution is -0.193. The van der Waals surface area contributed by atoms with E-state index in [-0.39, 0.29) is 12.5 Å². The third-order valence-corrected chi connectivity index (χ3v) is 6.02. The van der Waals surface area contributed by atoms with Crippen molar-refractivity contribution in [2.24, 2.45) is 0 Å². The number of fused-ring (bicyclic) bond motifs is 1. The molecule has 0 spiro atoms. The van der Waals surface area contributed by atoms with E-state index in [2.05, 4.69) is 31.0 Å². The lowest BCUT2D eigenvalue weighted by atomic mass is 10.2. The summed E-state index contributed by atoms with van der Waals surface area (Å²) in [4.78, 5) is 38.8. The summed E-state index contributed by atoms with van der Waals surface area (Å²) in [6.45, 7) is 1.66. The van der Waals surface area contributed by atoms with Gasteiger partial charge in [0.1, 0.15) is 36.9 Å². The number of amides is 1. The van der Waals surface area contributed by atoms with Crippen LogP contribution in [0.3, 0.4) is 0 Å². The van der Waals surface area contributed by atoms with Crippen LogP contribution in [0.1, 0.15) is 12.8 Å². The summed E-state index contributed by atoms with van der Waals surface area (Å²) in [7, 11) is 0. The van der Waals surface area contributed by atoms with Crippen LogP contribution in [0, 0.1) is 5.82 Å². The Hall–Kier alpha value is -5.53. The number of nitrogens with one attached hydrogen (secondary N) is 3. The predicted octanol–water partition coefficient (Wildman–Crippen LogP) is 4.75. The maximum atomic E-state index is 13.3. The molecule has 0 saturated carbocycles. The average molecular weight is 690 g/mol. The summed E-state index contributed by atoms with van der Waals surface area (Å²) in [6.07, 6.45) is -3.06. The number of rotatable bonds is 8. The summed E-state index contributed by atoms with van der Waals surface area (Å²) in [5.41, 5.74) is 1.83. The van der Waals surface area contributed by atoms with Crippen LogP contribution in [0.5, 0.6) is 5.75 Å². The average Bonchev–Trinajstić information content (AvgIpc) is 3.68. The third kappa shape index (κ3) is 12.0. The Labute approximate surface area is 265 Å². The summed E-state index contributed by atoms with van der Waals surface area (Å²) in [5, 5.41) is 28.6. The molecule has 1 aliphatic rings. The topological polar surface area (TPSA) is 181 Å². The Balaban J connectivity index is 0.000000376. The van der Waals surface area contributed by atoms with Gasteiger partial charge < -0.3 is 30.9 Å². The van der Waals surface area contributed by atoms with Gasteiger partial charge in [-0.05, 0) is 49.7 Å². The number of anilines is 3. The van der Waals surface area contributed by atoms with Crippen molar-refractivity contribution >= 4 is 45.9 Å². The molecule has 2 aromatic heterocycles. The lowest BCUT2D eigenvalue weighted by Crippen LogP contribution is -2.28. The van der Waals surface area contributed by atoms with Crippen LogP contribution in [0.2, 0.25) is 0 Å². The summed E-state index contributed by atoms with van der Waals surface area (Å²) < 4.78 is 84.2. The molecule has 4 aromatic rings. The molecule has 3 heterocycles. The number of benzene rings is 2. The smallest absolute Gasteiger partial charge is 0.490 e. The fourth-order valence-electron chi connectivity index (χ4n) is 3.89. The van der Waals surface area contributed by atoms with Crippen LogP contribution in [0.4, 0.5) is 47.9 Å². The Kier molecular flexibility index (Phi) is 12.6. The number of aromatic nitrogens is 4. The molecule has 0 aliphatic carbocycles. The number of carbonyl (C=O) groups excluding carboxylic acids is 1. The van der Waals surface area contributed by atoms with Gasteiger partial charge in [0.2, 0.25) is 5.91 Å². The van der Waals surface area contributed by atoms with E-state index in [4.69, 9.17) is 24.5 Å². The molecule has 0 radical (unpaired) electrons. The number of hydrogen-bond acceptors (Lipinski definition) is 9. The zero-order chi connectivity index (χ0) is 35.5. The van der Waals surface area contributed by atoms with Crippen LogP contribution in [-0.2, 0) is 20.9 Å². The molecule has 1 atom stereocenters. The van der Waals surface area contributed by atoms with Crippen molar-refractivity contribution in [3.8, 4) is 5.75 Å². The molecule has 2 aromatic carbocycles. The van der Waals surface area contributed by atoms with Crippen molar-refractivity contribution in [1.29, 1.82) is 0 Å². The first kappa shape index (κ1) is 36.9. The van der Waals surface area contributed by atoms with E-state index in [1.807, 2.05) is 18.2 Å². The van der Waals surface area contributed by atoms with E-state index in [1.165, 1.54) is 35.6 Å². The number of alkyl halides is 6. The fraction of sp³-hybridized carbons (Fsp3) is 0.286. The van der Waals surface area contributed by atoms with Gasteiger partial charge in [0.15, 0.2) is 0 Å². The highest BCUT2D eigenvalue weighted by Crippen LogP contribution is 2.26. The van der Waals surface area contributed by atoms with Crippen molar-refractivity contribution in [1.82, 2.24) is 25.1 Å². The van der Waals surface area contributed by atoms with Crippen LogP contribution >= 0.6 is 0 Å². The van der Waals surface area contributed by atoms with Gasteiger partial charge in [-0.15, -0.1) is 0 Å². The molecule has 0 bridgehead atoms. The van der Waals surface area contributed by atoms with E-state index < -0.39 is 30.1 Å². The second-order valence-corrected chi connectivity index (χ2v) is 9.72. The second kappa shape index (κ2) is 16.3. The maximum Gasteiger partial charge on any atom is 0.490 e. The van der Waals surface area contributed by atoms with Gasteiger partial charge >= 0.3 is 24.3 Å². The molecule has 1 fully saturated rings. The van der Waals surface area contributed by atoms with Crippen molar-refractivity contribution in [2.45, 2.75) is 37.8 Å². The van der Waals surface area contributed by atoms with E-state index >= 15 is 0 Å². The molecular formula is C28H26F7N7O6. The van der Waals surface area contributed by atoms with Crippen molar-refractivity contribution in [2.75, 3.05) is 23.8 Å². The summed E-state index contributed by atoms with van der Waals surface area (Å²) >= 11 is 0. The van der Waals surface area contributed by atoms with Crippen molar-refractivity contribution in [3.05, 3.63) is 67.0 Å². The van der Waals surface area contributed by atoms with Crippen LogP contribution in [-0.4, -0.2) is 79.4 Å². The van der Waals surface area contributed by atoms with Gasteiger partial charge in [-0.1, -0.05) is 6.07 Å². The number of nitrogens with zero attached hydrogens (tertiary/aromatic N) is 4. The third-order valence-electron chi connectivity index (χ3n) is 6.02. The minimum absolute atomic E-state index is 0.0146. The number of carbonyl (C=O) groups is 3. The Morgan fingerprint density at radius 1 is 0.979 bits per heavy atom. The van der Waals surface area contributed by atoms with Gasteiger partial charge in [-0.25, -0.2) is 23.9 Å². The Bertz CT molecular complexity index is 1690. The molecule has 5 N–H and O–H groups in total. The fourth-order valence-corrected chi connectivity index (χ4v) is 3.89.